The summed E-state index contributed by atoms with van der Waals surface area (Å²) >= 11 is 5.80. The lowest BCUT2D eigenvalue weighted by Gasteiger charge is -2.07. The first-order chi connectivity index (χ1) is 5.27. The molecule has 2 heteroatoms. The van der Waals surface area contributed by atoms with E-state index in [1.54, 1.807) is 6.08 Å². The number of Topliss-reactive ketones (excluding diaryl/α,β-unsaturated/α-hetero) is 1. The molecule has 0 N–H and O–H groups in total. The number of rotatable bonds is 0. The second-order valence-electron chi connectivity index (χ2n) is 2.73. The molecule has 0 aromatic rings. The molecule has 0 unspecified atom stereocenters. The van der Waals surface area contributed by atoms with Crippen molar-refractivity contribution in [3.8, 4) is 0 Å². The first kappa shape index (κ1) is 6.86. The van der Waals surface area contributed by atoms with Crippen LogP contribution in [0.3, 0.4) is 0 Å². The fourth-order valence-electron chi connectivity index (χ4n) is 1.40. The van der Waals surface area contributed by atoms with Gasteiger partial charge < -0.3 is 0 Å². The van der Waals surface area contributed by atoms with E-state index in [1.165, 1.54) is 0 Å². The van der Waals surface area contributed by atoms with Crippen LogP contribution in [0.4, 0.5) is 0 Å². The molecule has 0 radical (unpaired) electrons. The Morgan fingerprint density at radius 2 is 2.18 bits per heavy atom. The van der Waals surface area contributed by atoms with Crippen LogP contribution in [0.1, 0.15) is 12.8 Å². The Morgan fingerprint density at radius 3 is 3.00 bits per heavy atom. The summed E-state index contributed by atoms with van der Waals surface area (Å²) in [6.07, 6.45) is 6.87. The molecule has 0 spiro atoms. The minimum absolute atomic E-state index is 0.223. The smallest absolute Gasteiger partial charge is 0.166 e. The summed E-state index contributed by atoms with van der Waals surface area (Å²) in [4.78, 5) is 11.1. The van der Waals surface area contributed by atoms with E-state index in [0.29, 0.717) is 6.42 Å². The first-order valence-electron chi connectivity index (χ1n) is 3.56. The average Bonchev–Trinajstić information content (AvgIpc) is 2.32. The van der Waals surface area contributed by atoms with Crippen LogP contribution in [-0.2, 0) is 4.79 Å². The molecule has 0 atom stereocenters. The van der Waals surface area contributed by atoms with Crippen LogP contribution < -0.4 is 0 Å². The number of hydrogen-bond donors (Lipinski definition) is 0. The summed E-state index contributed by atoms with van der Waals surface area (Å²) in [6, 6.07) is 0. The van der Waals surface area contributed by atoms with Crippen molar-refractivity contribution in [3.05, 3.63) is 34.4 Å². The average molecular weight is 167 g/mol. The van der Waals surface area contributed by atoms with Crippen LogP contribution in [0.15, 0.2) is 34.4 Å². The Balaban J connectivity index is 2.43. The molecule has 1 nitrogen and oxygen atoms in total. The molecule has 0 heterocycles. The number of carbonyl (C=O) groups is 1. The Hall–Kier alpha value is -0.820. The van der Waals surface area contributed by atoms with Crippen LogP contribution in [0.25, 0.3) is 0 Å². The van der Waals surface area contributed by atoms with Crippen LogP contribution >= 0.6 is 11.6 Å². The van der Waals surface area contributed by atoms with Gasteiger partial charge in [0.15, 0.2) is 5.78 Å². The largest absolute Gasteiger partial charge is 0.294 e. The number of carbonyl (C=O) groups excluding carboxylic acids is 1. The van der Waals surface area contributed by atoms with E-state index in [-0.39, 0.29) is 5.78 Å². The minimum Gasteiger partial charge on any atom is -0.294 e. The third kappa shape index (κ3) is 1.05. The molecule has 0 bridgehead atoms. The lowest BCUT2D eigenvalue weighted by atomic mass is 10.0. The van der Waals surface area contributed by atoms with Crippen LogP contribution in [-0.4, -0.2) is 5.78 Å². The zero-order valence-corrected chi connectivity index (χ0v) is 6.69. The van der Waals surface area contributed by atoms with E-state index < -0.39 is 0 Å². The number of allylic oxidation sites excluding steroid dienone is 6. The van der Waals surface area contributed by atoms with Crippen LogP contribution in [0, 0.1) is 0 Å². The molecule has 0 saturated carbocycles. The number of halogens is 1. The first-order valence-corrected chi connectivity index (χ1v) is 3.94. The van der Waals surface area contributed by atoms with Gasteiger partial charge in [0, 0.05) is 23.4 Å². The second-order valence-corrected chi connectivity index (χ2v) is 3.21. The second kappa shape index (κ2) is 2.35. The zero-order chi connectivity index (χ0) is 7.84. The van der Waals surface area contributed by atoms with E-state index in [0.717, 1.165) is 22.6 Å². The van der Waals surface area contributed by atoms with Crippen molar-refractivity contribution in [2.75, 3.05) is 0 Å². The van der Waals surface area contributed by atoms with E-state index in [1.807, 2.05) is 12.2 Å². The highest BCUT2D eigenvalue weighted by atomic mass is 35.5. The van der Waals surface area contributed by atoms with Gasteiger partial charge in [0.2, 0.25) is 0 Å². The lowest BCUT2D eigenvalue weighted by molar-refractivity contribution is -0.114. The van der Waals surface area contributed by atoms with Gasteiger partial charge in [-0.3, -0.25) is 4.79 Å². The molecule has 0 aliphatic heterocycles. The van der Waals surface area contributed by atoms with Crippen LogP contribution in [0.2, 0.25) is 0 Å². The number of hydrogen-bond acceptors (Lipinski definition) is 1. The van der Waals surface area contributed by atoms with Gasteiger partial charge in [-0.1, -0.05) is 17.7 Å². The van der Waals surface area contributed by atoms with Gasteiger partial charge in [-0.05, 0) is 17.7 Å². The monoisotopic (exact) mass is 166 g/mol. The topological polar surface area (TPSA) is 17.1 Å². The van der Waals surface area contributed by atoms with Gasteiger partial charge in [-0.15, -0.1) is 0 Å². The standard InChI is InChI=1S/C9H7ClO/c10-7-2-3-8-6(5-7)1-4-9(8)11/h1-3H,4-5H2. The summed E-state index contributed by atoms with van der Waals surface area (Å²) in [5.41, 5.74) is 1.96. The van der Waals surface area contributed by atoms with E-state index >= 15 is 0 Å². The highest BCUT2D eigenvalue weighted by Gasteiger charge is 2.21. The maximum atomic E-state index is 11.1. The third-order valence-electron chi connectivity index (χ3n) is 1.97. The van der Waals surface area contributed by atoms with Gasteiger partial charge in [-0.2, -0.15) is 0 Å². The van der Waals surface area contributed by atoms with Crippen molar-refractivity contribution in [2.45, 2.75) is 12.8 Å². The van der Waals surface area contributed by atoms with Gasteiger partial charge in [0.05, 0.1) is 0 Å². The van der Waals surface area contributed by atoms with E-state index in [2.05, 4.69) is 0 Å². The third-order valence-corrected chi connectivity index (χ3v) is 2.23. The normalized spacial score (nSPS) is 22.3. The molecular formula is C9H7ClO. The summed E-state index contributed by atoms with van der Waals surface area (Å²) in [7, 11) is 0. The molecule has 2 rings (SSSR count). The highest BCUT2D eigenvalue weighted by molar-refractivity contribution is 6.30. The summed E-state index contributed by atoms with van der Waals surface area (Å²) in [5, 5.41) is 0.815. The van der Waals surface area contributed by atoms with E-state index in [9.17, 15) is 4.79 Å². The summed E-state index contributed by atoms with van der Waals surface area (Å²) in [5.74, 6) is 0.223. The Labute approximate surface area is 70.0 Å². The zero-order valence-electron chi connectivity index (χ0n) is 5.93. The molecular weight excluding hydrogens is 160 g/mol. The molecule has 2 aliphatic rings. The molecule has 11 heavy (non-hydrogen) atoms. The van der Waals surface area contributed by atoms with Crippen molar-refractivity contribution in [1.29, 1.82) is 0 Å². The molecule has 2 aliphatic carbocycles. The quantitative estimate of drug-likeness (QED) is 0.540. The molecule has 0 fully saturated rings. The molecule has 0 aromatic carbocycles. The molecule has 0 saturated heterocycles. The van der Waals surface area contributed by atoms with Gasteiger partial charge >= 0.3 is 0 Å². The van der Waals surface area contributed by atoms with Crippen LogP contribution in [0.5, 0.6) is 0 Å². The molecule has 0 aromatic heterocycles. The predicted molar refractivity (Wildman–Crippen MR) is 44.3 cm³/mol. The SMILES string of the molecule is O=C1CC=C2CC(Cl)=CC=C12. The summed E-state index contributed by atoms with van der Waals surface area (Å²) < 4.78 is 0. The van der Waals surface area contributed by atoms with Crippen molar-refractivity contribution >= 4 is 17.4 Å². The highest BCUT2D eigenvalue weighted by Crippen LogP contribution is 2.32. The van der Waals surface area contributed by atoms with Crippen molar-refractivity contribution in [2.24, 2.45) is 0 Å². The Kier molecular flexibility index (Phi) is 1.46. The lowest BCUT2D eigenvalue weighted by Crippen LogP contribution is -1.98. The van der Waals surface area contributed by atoms with Crippen molar-refractivity contribution in [1.82, 2.24) is 0 Å². The Bertz CT molecular complexity index is 308. The van der Waals surface area contributed by atoms with Gasteiger partial charge in [0.1, 0.15) is 0 Å². The van der Waals surface area contributed by atoms with Crippen molar-refractivity contribution in [3.63, 3.8) is 0 Å². The van der Waals surface area contributed by atoms with Crippen molar-refractivity contribution < 1.29 is 4.79 Å². The number of ketones is 1. The molecule has 0 amide bonds. The van der Waals surface area contributed by atoms with E-state index in [4.69, 9.17) is 11.6 Å². The van der Waals surface area contributed by atoms with Gasteiger partial charge in [0.25, 0.3) is 0 Å². The Morgan fingerprint density at radius 1 is 1.36 bits per heavy atom. The fraction of sp³-hybridized carbons (Fsp3) is 0.222. The minimum atomic E-state index is 0.223. The molecule has 56 valence electrons. The maximum Gasteiger partial charge on any atom is 0.166 e. The van der Waals surface area contributed by atoms with Gasteiger partial charge in [-0.25, -0.2) is 0 Å². The fourth-order valence-corrected chi connectivity index (χ4v) is 1.60. The summed E-state index contributed by atoms with van der Waals surface area (Å²) in [6.45, 7) is 0. The maximum absolute atomic E-state index is 11.1. The predicted octanol–water partition coefficient (Wildman–Crippen LogP) is 2.34. The number of fused-ring (bicyclic) bond motifs is 1.